The Morgan fingerprint density at radius 2 is 2.42 bits per heavy atom. The maximum atomic E-state index is 4.55. The number of aromatic amines is 1. The molecule has 4 heteroatoms. The zero-order valence-electron chi connectivity index (χ0n) is 11.6. The van der Waals surface area contributed by atoms with Crippen LogP contribution in [0.1, 0.15) is 48.7 Å². The Labute approximate surface area is 118 Å². The highest BCUT2D eigenvalue weighted by Crippen LogP contribution is 2.28. The molecule has 1 aliphatic heterocycles. The Bertz CT molecular complexity index is 530. The molecule has 3 rings (SSSR count). The normalized spacial score (nSPS) is 17.4. The second-order valence-electron chi connectivity index (χ2n) is 5.47. The van der Waals surface area contributed by atoms with E-state index in [0.29, 0.717) is 5.92 Å². The minimum Gasteiger partial charge on any atom is -0.294 e. The van der Waals surface area contributed by atoms with E-state index >= 15 is 0 Å². The van der Waals surface area contributed by atoms with Crippen LogP contribution in [-0.2, 0) is 19.5 Å². The van der Waals surface area contributed by atoms with E-state index in [0.717, 1.165) is 32.5 Å². The van der Waals surface area contributed by atoms with Crippen LogP contribution in [0.25, 0.3) is 0 Å². The second-order valence-corrected chi connectivity index (χ2v) is 6.25. The van der Waals surface area contributed by atoms with Gasteiger partial charge < -0.3 is 0 Å². The maximum Gasteiger partial charge on any atom is 0.0698 e. The second kappa shape index (κ2) is 5.47. The van der Waals surface area contributed by atoms with E-state index < -0.39 is 0 Å². The third-order valence-electron chi connectivity index (χ3n) is 4.11. The highest BCUT2D eigenvalue weighted by Gasteiger charge is 2.23. The monoisotopic (exact) mass is 275 g/mol. The highest BCUT2D eigenvalue weighted by atomic mass is 32.1. The summed E-state index contributed by atoms with van der Waals surface area (Å²) in [5.74, 6) is 0.557. The summed E-state index contributed by atoms with van der Waals surface area (Å²) in [5.41, 5.74) is 5.53. The van der Waals surface area contributed by atoms with Gasteiger partial charge in [-0.15, -0.1) is 0 Å². The Balaban J connectivity index is 1.76. The molecule has 0 saturated heterocycles. The fourth-order valence-corrected chi connectivity index (χ4v) is 3.41. The number of fused-ring (bicyclic) bond motifs is 1. The van der Waals surface area contributed by atoms with Crippen molar-refractivity contribution >= 4 is 11.3 Å². The lowest BCUT2D eigenvalue weighted by Gasteiger charge is -2.27. The molecule has 0 saturated carbocycles. The van der Waals surface area contributed by atoms with Gasteiger partial charge in [-0.1, -0.05) is 13.8 Å². The fourth-order valence-electron chi connectivity index (χ4n) is 2.75. The van der Waals surface area contributed by atoms with Gasteiger partial charge in [-0.05, 0) is 28.8 Å². The molecular formula is C15H21N3S. The molecule has 1 atom stereocenters. The van der Waals surface area contributed by atoms with Crippen molar-refractivity contribution in [3.05, 3.63) is 39.3 Å². The lowest BCUT2D eigenvalue weighted by Crippen LogP contribution is -2.30. The van der Waals surface area contributed by atoms with E-state index in [2.05, 4.69) is 45.8 Å². The summed E-state index contributed by atoms with van der Waals surface area (Å²) in [4.78, 5) is 2.53. The van der Waals surface area contributed by atoms with Crippen molar-refractivity contribution in [2.24, 2.45) is 0 Å². The minimum atomic E-state index is 0.557. The van der Waals surface area contributed by atoms with E-state index in [1.54, 1.807) is 11.3 Å². The first kappa shape index (κ1) is 12.9. The Morgan fingerprint density at radius 1 is 1.53 bits per heavy atom. The number of thiophene rings is 1. The van der Waals surface area contributed by atoms with Gasteiger partial charge in [0.2, 0.25) is 0 Å². The van der Waals surface area contributed by atoms with Gasteiger partial charge in [0.05, 0.1) is 5.69 Å². The van der Waals surface area contributed by atoms with Crippen LogP contribution in [0.2, 0.25) is 0 Å². The van der Waals surface area contributed by atoms with Gasteiger partial charge >= 0.3 is 0 Å². The fraction of sp³-hybridized carbons (Fsp3) is 0.533. The molecular weight excluding hydrogens is 254 g/mol. The van der Waals surface area contributed by atoms with Crippen molar-refractivity contribution in [3.63, 3.8) is 0 Å². The number of nitrogens with zero attached hydrogens (tertiary/aromatic N) is 2. The average molecular weight is 275 g/mol. The highest BCUT2D eigenvalue weighted by molar-refractivity contribution is 7.07. The van der Waals surface area contributed by atoms with Gasteiger partial charge in [-0.25, -0.2) is 0 Å². The van der Waals surface area contributed by atoms with Gasteiger partial charge in [0, 0.05) is 43.2 Å². The van der Waals surface area contributed by atoms with Crippen molar-refractivity contribution in [2.45, 2.75) is 45.7 Å². The van der Waals surface area contributed by atoms with Gasteiger partial charge in [0.15, 0.2) is 0 Å². The summed E-state index contributed by atoms with van der Waals surface area (Å²) >= 11 is 1.78. The van der Waals surface area contributed by atoms with Crippen LogP contribution in [-0.4, -0.2) is 21.6 Å². The first-order valence-corrected chi connectivity index (χ1v) is 8.01. The summed E-state index contributed by atoms with van der Waals surface area (Å²) in [6.45, 7) is 7.74. The largest absolute Gasteiger partial charge is 0.294 e. The number of rotatable bonds is 4. The van der Waals surface area contributed by atoms with Gasteiger partial charge in [-0.3, -0.25) is 10.00 Å². The minimum absolute atomic E-state index is 0.557. The van der Waals surface area contributed by atoms with Gasteiger partial charge in [-0.2, -0.15) is 16.4 Å². The first-order chi connectivity index (χ1) is 9.28. The maximum absolute atomic E-state index is 4.55. The number of hydrogen-bond acceptors (Lipinski definition) is 3. The third-order valence-corrected chi connectivity index (χ3v) is 4.84. The molecule has 1 aliphatic rings. The quantitative estimate of drug-likeness (QED) is 0.925. The van der Waals surface area contributed by atoms with Gasteiger partial charge in [0.1, 0.15) is 0 Å². The smallest absolute Gasteiger partial charge is 0.0698 e. The molecule has 19 heavy (non-hydrogen) atoms. The molecule has 1 N–H and O–H groups in total. The van der Waals surface area contributed by atoms with Crippen LogP contribution in [0.4, 0.5) is 0 Å². The zero-order valence-corrected chi connectivity index (χ0v) is 12.5. The SMILES string of the molecule is CC[C@@H](C)c1n[nH]c2c1CN(Cc1ccsc1)CC2. The van der Waals surface area contributed by atoms with Crippen molar-refractivity contribution in [1.82, 2.24) is 15.1 Å². The number of hydrogen-bond donors (Lipinski definition) is 1. The van der Waals surface area contributed by atoms with Crippen LogP contribution < -0.4 is 0 Å². The van der Waals surface area contributed by atoms with Crippen LogP contribution >= 0.6 is 11.3 Å². The molecule has 102 valence electrons. The summed E-state index contributed by atoms with van der Waals surface area (Å²) < 4.78 is 0. The molecule has 2 aromatic heterocycles. The van der Waals surface area contributed by atoms with Crippen molar-refractivity contribution in [1.29, 1.82) is 0 Å². The van der Waals surface area contributed by atoms with Crippen molar-refractivity contribution in [3.8, 4) is 0 Å². The zero-order chi connectivity index (χ0) is 13.2. The molecule has 0 radical (unpaired) electrons. The van der Waals surface area contributed by atoms with Crippen LogP contribution in [0.5, 0.6) is 0 Å². The average Bonchev–Trinajstić information content (AvgIpc) is 3.06. The Morgan fingerprint density at radius 3 is 3.16 bits per heavy atom. The summed E-state index contributed by atoms with van der Waals surface area (Å²) in [5, 5.41) is 12.2. The van der Waals surface area contributed by atoms with E-state index in [4.69, 9.17) is 0 Å². The first-order valence-electron chi connectivity index (χ1n) is 7.07. The predicted octanol–water partition coefficient (Wildman–Crippen LogP) is 3.54. The molecule has 3 nitrogen and oxygen atoms in total. The van der Waals surface area contributed by atoms with E-state index in [1.165, 1.54) is 22.5 Å². The molecule has 0 unspecified atom stereocenters. The van der Waals surface area contributed by atoms with Crippen LogP contribution in [0, 0.1) is 0 Å². The summed E-state index contributed by atoms with van der Waals surface area (Å²) in [7, 11) is 0. The lowest BCUT2D eigenvalue weighted by atomic mass is 9.96. The standard InChI is InChI=1S/C15H21N3S/c1-3-11(2)15-13-9-18(6-4-14(13)16-17-15)8-12-5-7-19-10-12/h5,7,10-11H,3-4,6,8-9H2,1-2H3,(H,16,17)/t11-/m1/s1. The molecule has 0 bridgehead atoms. The summed E-state index contributed by atoms with van der Waals surface area (Å²) in [6, 6.07) is 2.23. The van der Waals surface area contributed by atoms with E-state index in [1.807, 2.05) is 0 Å². The third kappa shape index (κ3) is 2.60. The van der Waals surface area contributed by atoms with E-state index in [9.17, 15) is 0 Å². The summed E-state index contributed by atoms with van der Waals surface area (Å²) in [6.07, 6.45) is 2.25. The molecule has 0 aliphatic carbocycles. The topological polar surface area (TPSA) is 31.9 Å². The molecule has 0 fully saturated rings. The Kier molecular flexibility index (Phi) is 3.71. The number of aromatic nitrogens is 2. The van der Waals surface area contributed by atoms with Crippen molar-refractivity contribution < 1.29 is 0 Å². The molecule has 3 heterocycles. The predicted molar refractivity (Wildman–Crippen MR) is 79.4 cm³/mol. The Hall–Kier alpha value is -1.13. The van der Waals surface area contributed by atoms with Crippen molar-refractivity contribution in [2.75, 3.05) is 6.54 Å². The van der Waals surface area contributed by atoms with Crippen LogP contribution in [0.3, 0.4) is 0 Å². The molecule has 0 aromatic carbocycles. The lowest BCUT2D eigenvalue weighted by molar-refractivity contribution is 0.244. The molecule has 0 amide bonds. The van der Waals surface area contributed by atoms with Crippen LogP contribution in [0.15, 0.2) is 16.8 Å². The number of nitrogens with one attached hydrogen (secondary N) is 1. The number of H-pyrrole nitrogens is 1. The van der Waals surface area contributed by atoms with Gasteiger partial charge in [0.25, 0.3) is 0 Å². The molecule has 0 spiro atoms. The molecule has 2 aromatic rings. The van der Waals surface area contributed by atoms with E-state index in [-0.39, 0.29) is 0 Å².